The van der Waals surface area contributed by atoms with E-state index in [1.54, 1.807) is 19.2 Å². The first-order chi connectivity index (χ1) is 15.4. The van der Waals surface area contributed by atoms with Crippen molar-refractivity contribution in [2.75, 3.05) is 71.2 Å². The number of nitrogens with one attached hydrogen (secondary N) is 2. The van der Waals surface area contributed by atoms with Crippen molar-refractivity contribution in [1.29, 1.82) is 0 Å². The molecule has 2 amide bonds. The van der Waals surface area contributed by atoms with Crippen LogP contribution in [0.2, 0.25) is 0 Å². The van der Waals surface area contributed by atoms with Gasteiger partial charge in [-0.2, -0.15) is 0 Å². The fourth-order valence-corrected chi connectivity index (χ4v) is 3.72. The normalized spacial score (nSPS) is 15.6. The summed E-state index contributed by atoms with van der Waals surface area (Å²) in [5.74, 6) is -0.529. The Bertz CT molecular complexity index is 891. The van der Waals surface area contributed by atoms with E-state index in [9.17, 15) is 9.59 Å². The van der Waals surface area contributed by atoms with Gasteiger partial charge in [0.25, 0.3) is 0 Å². The highest BCUT2D eigenvalue weighted by molar-refractivity contribution is 6.39. The van der Waals surface area contributed by atoms with Crippen molar-refractivity contribution in [1.82, 2.24) is 15.1 Å². The molecule has 0 aliphatic carbocycles. The highest BCUT2D eigenvalue weighted by Gasteiger charge is 2.25. The van der Waals surface area contributed by atoms with Crippen molar-refractivity contribution in [3.8, 4) is 5.75 Å². The maximum atomic E-state index is 12.5. The second-order valence-electron chi connectivity index (χ2n) is 8.23. The molecule has 2 N–H and O–H groups in total. The highest BCUT2D eigenvalue weighted by Crippen LogP contribution is 2.24. The maximum absolute atomic E-state index is 12.5. The van der Waals surface area contributed by atoms with E-state index in [-0.39, 0.29) is 6.04 Å². The van der Waals surface area contributed by atoms with Crippen LogP contribution in [0.5, 0.6) is 5.75 Å². The van der Waals surface area contributed by atoms with E-state index in [1.807, 2.05) is 55.4 Å². The molecule has 2 aromatic rings. The zero-order chi connectivity index (χ0) is 23.1. The van der Waals surface area contributed by atoms with Gasteiger partial charge in [-0.1, -0.05) is 12.1 Å². The Kier molecular flexibility index (Phi) is 8.08. The van der Waals surface area contributed by atoms with Crippen molar-refractivity contribution in [2.24, 2.45) is 0 Å². The summed E-state index contributed by atoms with van der Waals surface area (Å²) in [6.45, 7) is 4.07. The maximum Gasteiger partial charge on any atom is 0.313 e. The molecule has 0 bridgehead atoms. The van der Waals surface area contributed by atoms with Gasteiger partial charge in [0.05, 0.1) is 13.2 Å². The number of likely N-dealkylation sites (N-methyl/N-ethyl adjacent to an activating group) is 1. The number of rotatable bonds is 7. The van der Waals surface area contributed by atoms with Gasteiger partial charge in [-0.3, -0.25) is 14.5 Å². The van der Waals surface area contributed by atoms with E-state index in [2.05, 4.69) is 27.5 Å². The second kappa shape index (κ2) is 11.0. The second-order valence-corrected chi connectivity index (χ2v) is 8.23. The number of methoxy groups -OCH3 is 1. The first-order valence-electron chi connectivity index (χ1n) is 10.8. The van der Waals surface area contributed by atoms with E-state index in [0.717, 1.165) is 43.2 Å². The van der Waals surface area contributed by atoms with Crippen LogP contribution in [0.15, 0.2) is 48.5 Å². The quantitative estimate of drug-likeness (QED) is 0.641. The number of hydrogen-bond acceptors (Lipinski definition) is 6. The predicted octanol–water partition coefficient (Wildman–Crippen LogP) is 1.80. The molecule has 172 valence electrons. The van der Waals surface area contributed by atoms with Gasteiger partial charge in [-0.15, -0.1) is 0 Å². The Morgan fingerprint density at radius 1 is 0.969 bits per heavy atom. The van der Waals surface area contributed by atoms with Crippen LogP contribution < -0.4 is 20.3 Å². The zero-order valence-electron chi connectivity index (χ0n) is 19.3. The monoisotopic (exact) mass is 439 g/mol. The summed E-state index contributed by atoms with van der Waals surface area (Å²) in [6, 6.07) is 15.2. The molecule has 1 aliphatic rings. The van der Waals surface area contributed by atoms with Gasteiger partial charge in [0.15, 0.2) is 0 Å². The summed E-state index contributed by atoms with van der Waals surface area (Å²) in [5, 5.41) is 5.49. The number of carbonyl (C=O) groups is 2. The fourth-order valence-electron chi connectivity index (χ4n) is 3.72. The Labute approximate surface area is 190 Å². The number of benzene rings is 2. The van der Waals surface area contributed by atoms with Crippen molar-refractivity contribution in [3.05, 3.63) is 54.1 Å². The third-order valence-electron chi connectivity index (χ3n) is 5.78. The summed E-state index contributed by atoms with van der Waals surface area (Å²) < 4.78 is 5.27. The molecule has 0 unspecified atom stereocenters. The van der Waals surface area contributed by atoms with E-state index < -0.39 is 11.8 Å². The van der Waals surface area contributed by atoms with Gasteiger partial charge in [-0.05, 0) is 49.0 Å². The summed E-state index contributed by atoms with van der Waals surface area (Å²) in [4.78, 5) is 31.5. The zero-order valence-corrected chi connectivity index (χ0v) is 19.3. The lowest BCUT2D eigenvalue weighted by Gasteiger charge is -2.38. The van der Waals surface area contributed by atoms with Crippen LogP contribution in [0.4, 0.5) is 11.4 Å². The van der Waals surface area contributed by atoms with Crippen LogP contribution in [0.25, 0.3) is 0 Å². The Hall–Kier alpha value is -3.10. The smallest absolute Gasteiger partial charge is 0.313 e. The lowest BCUT2D eigenvalue weighted by molar-refractivity contribution is -0.136. The molecule has 1 atom stereocenters. The van der Waals surface area contributed by atoms with Crippen molar-refractivity contribution in [3.63, 3.8) is 0 Å². The first kappa shape index (κ1) is 23.6. The molecule has 8 nitrogen and oxygen atoms in total. The Morgan fingerprint density at radius 3 is 2.16 bits per heavy atom. The summed E-state index contributed by atoms with van der Waals surface area (Å²) in [6.07, 6.45) is 0. The summed E-state index contributed by atoms with van der Waals surface area (Å²) >= 11 is 0. The number of anilines is 2. The van der Waals surface area contributed by atoms with Gasteiger partial charge < -0.3 is 25.2 Å². The topological polar surface area (TPSA) is 77.1 Å². The van der Waals surface area contributed by atoms with Crippen LogP contribution in [0, 0.1) is 0 Å². The molecule has 0 aromatic heterocycles. The molecule has 1 fully saturated rings. The van der Waals surface area contributed by atoms with E-state index in [1.165, 1.54) is 0 Å². The standard InChI is InChI=1S/C24H33N5O3/c1-27(2)20-9-7-19(8-10-20)26-24(31)23(30)25-17-22(29-15-13-28(3)14-16-29)18-5-11-21(32-4)12-6-18/h5-12,22H,13-17H2,1-4H3,(H,25,30)(H,26,31)/t22-/m0/s1. The number of piperazine rings is 1. The number of nitrogens with zero attached hydrogens (tertiary/aromatic N) is 3. The fraction of sp³-hybridized carbons (Fsp3) is 0.417. The van der Waals surface area contributed by atoms with Gasteiger partial charge in [-0.25, -0.2) is 0 Å². The van der Waals surface area contributed by atoms with Crippen LogP contribution in [0.3, 0.4) is 0 Å². The average molecular weight is 440 g/mol. The molecule has 0 spiro atoms. The van der Waals surface area contributed by atoms with E-state index in [0.29, 0.717) is 12.2 Å². The average Bonchev–Trinajstić information content (AvgIpc) is 2.80. The Balaban J connectivity index is 1.63. The summed E-state index contributed by atoms with van der Waals surface area (Å²) in [7, 11) is 7.64. The highest BCUT2D eigenvalue weighted by atomic mass is 16.5. The molecular formula is C24H33N5O3. The minimum atomic E-state index is -0.672. The number of carbonyl (C=O) groups excluding carboxylic acids is 2. The van der Waals surface area contributed by atoms with Gasteiger partial charge in [0.1, 0.15) is 5.75 Å². The lowest BCUT2D eigenvalue weighted by atomic mass is 10.0. The minimum Gasteiger partial charge on any atom is -0.497 e. The SMILES string of the molecule is COc1ccc([C@H](CNC(=O)C(=O)Nc2ccc(N(C)C)cc2)N2CCN(C)CC2)cc1. The molecule has 8 heteroatoms. The first-order valence-corrected chi connectivity index (χ1v) is 10.8. The lowest BCUT2D eigenvalue weighted by Crippen LogP contribution is -2.49. The van der Waals surface area contributed by atoms with Gasteiger partial charge in [0.2, 0.25) is 0 Å². The molecular weight excluding hydrogens is 406 g/mol. The van der Waals surface area contributed by atoms with Gasteiger partial charge >= 0.3 is 11.8 Å². The van der Waals surface area contributed by atoms with E-state index >= 15 is 0 Å². The van der Waals surface area contributed by atoms with Crippen molar-refractivity contribution in [2.45, 2.75) is 6.04 Å². The minimum absolute atomic E-state index is 0.0225. The molecule has 1 saturated heterocycles. The molecule has 0 radical (unpaired) electrons. The number of hydrogen-bond donors (Lipinski definition) is 2. The Morgan fingerprint density at radius 2 is 1.59 bits per heavy atom. The van der Waals surface area contributed by atoms with Crippen LogP contribution in [-0.4, -0.2) is 82.6 Å². The largest absolute Gasteiger partial charge is 0.497 e. The molecule has 0 saturated carbocycles. The van der Waals surface area contributed by atoms with Crippen molar-refractivity contribution >= 4 is 23.2 Å². The molecule has 3 rings (SSSR count). The molecule has 32 heavy (non-hydrogen) atoms. The van der Waals surface area contributed by atoms with E-state index in [4.69, 9.17) is 4.74 Å². The summed E-state index contributed by atoms with van der Waals surface area (Å²) in [5.41, 5.74) is 2.68. The molecule has 1 aliphatic heterocycles. The molecule has 2 aromatic carbocycles. The van der Waals surface area contributed by atoms with Crippen LogP contribution in [-0.2, 0) is 9.59 Å². The van der Waals surface area contributed by atoms with Crippen LogP contribution in [0.1, 0.15) is 11.6 Å². The van der Waals surface area contributed by atoms with Crippen LogP contribution >= 0.6 is 0 Å². The number of ether oxygens (including phenoxy) is 1. The molecule has 1 heterocycles. The number of amides is 2. The van der Waals surface area contributed by atoms with Gasteiger partial charge in [0, 0.05) is 58.2 Å². The predicted molar refractivity (Wildman–Crippen MR) is 127 cm³/mol. The van der Waals surface area contributed by atoms with Crippen molar-refractivity contribution < 1.29 is 14.3 Å². The third-order valence-corrected chi connectivity index (χ3v) is 5.78. The third kappa shape index (κ3) is 6.21.